The van der Waals surface area contributed by atoms with E-state index < -0.39 is 11.9 Å². The van der Waals surface area contributed by atoms with E-state index >= 15 is 0 Å². The zero-order valence-electron chi connectivity index (χ0n) is 14.9. The minimum Gasteiger partial charge on any atom is -0.368 e. The van der Waals surface area contributed by atoms with Crippen LogP contribution < -0.4 is 11.1 Å². The number of nitrogens with two attached hydrogens (primary N) is 1. The van der Waals surface area contributed by atoms with Gasteiger partial charge in [-0.15, -0.1) is 0 Å². The van der Waals surface area contributed by atoms with Crippen molar-refractivity contribution in [3.05, 3.63) is 71.8 Å². The van der Waals surface area contributed by atoms with E-state index in [4.69, 9.17) is 5.73 Å². The Hall–Kier alpha value is -2.62. The summed E-state index contributed by atoms with van der Waals surface area (Å²) in [5.74, 6) is -0.877. The standard InChI is InChI=1S/C22H26N2O2/c23-21(25)20(24-22(26)18-14-8-3-9-15-18)19(16-10-4-1-5-11-16)17-12-6-2-7-13-17/h1-2,4-7,10-13,18-20H,3,8-9,14-15H2,(H2,23,25)(H,24,26)/t20-/m1/s1. The summed E-state index contributed by atoms with van der Waals surface area (Å²) < 4.78 is 0. The van der Waals surface area contributed by atoms with Crippen molar-refractivity contribution in [2.24, 2.45) is 11.7 Å². The first-order chi connectivity index (χ1) is 12.7. The van der Waals surface area contributed by atoms with Crippen molar-refractivity contribution in [3.63, 3.8) is 0 Å². The molecule has 0 heterocycles. The second-order valence-electron chi connectivity index (χ2n) is 7.02. The average Bonchev–Trinajstić information content (AvgIpc) is 2.69. The highest BCUT2D eigenvalue weighted by Crippen LogP contribution is 2.29. The van der Waals surface area contributed by atoms with Gasteiger partial charge in [-0.1, -0.05) is 79.9 Å². The van der Waals surface area contributed by atoms with Gasteiger partial charge in [-0.05, 0) is 24.0 Å². The largest absolute Gasteiger partial charge is 0.368 e. The van der Waals surface area contributed by atoms with E-state index in [-0.39, 0.29) is 17.7 Å². The Morgan fingerprint density at radius 3 is 1.81 bits per heavy atom. The van der Waals surface area contributed by atoms with Gasteiger partial charge < -0.3 is 11.1 Å². The smallest absolute Gasteiger partial charge is 0.240 e. The lowest BCUT2D eigenvalue weighted by atomic mass is 9.83. The number of nitrogens with one attached hydrogen (secondary N) is 1. The van der Waals surface area contributed by atoms with Gasteiger partial charge in [0.15, 0.2) is 0 Å². The van der Waals surface area contributed by atoms with E-state index in [9.17, 15) is 9.59 Å². The molecule has 2 aromatic rings. The number of carbonyl (C=O) groups is 2. The predicted octanol–water partition coefficient (Wildman–Crippen LogP) is 3.37. The summed E-state index contributed by atoms with van der Waals surface area (Å²) in [5.41, 5.74) is 7.67. The maximum absolute atomic E-state index is 12.8. The van der Waals surface area contributed by atoms with Crippen LogP contribution in [0.1, 0.15) is 49.1 Å². The fourth-order valence-corrected chi connectivity index (χ4v) is 3.85. The summed E-state index contributed by atoms with van der Waals surface area (Å²) >= 11 is 0. The topological polar surface area (TPSA) is 72.2 Å². The van der Waals surface area contributed by atoms with Gasteiger partial charge in [0.1, 0.15) is 6.04 Å². The van der Waals surface area contributed by atoms with Gasteiger partial charge in [0.2, 0.25) is 11.8 Å². The maximum atomic E-state index is 12.8. The highest BCUT2D eigenvalue weighted by atomic mass is 16.2. The third-order valence-electron chi connectivity index (χ3n) is 5.23. The van der Waals surface area contributed by atoms with Crippen LogP contribution >= 0.6 is 0 Å². The monoisotopic (exact) mass is 350 g/mol. The summed E-state index contributed by atoms with van der Waals surface area (Å²) in [5, 5.41) is 2.97. The second kappa shape index (κ2) is 8.65. The molecule has 1 fully saturated rings. The molecule has 0 aromatic heterocycles. The lowest BCUT2D eigenvalue weighted by Crippen LogP contribution is -2.50. The SMILES string of the molecule is NC(=O)[C@H](NC(=O)C1CCCCC1)C(c1ccccc1)c1ccccc1. The van der Waals surface area contributed by atoms with Crippen molar-refractivity contribution >= 4 is 11.8 Å². The van der Waals surface area contributed by atoms with Crippen LogP contribution in [0.4, 0.5) is 0 Å². The van der Waals surface area contributed by atoms with Crippen molar-refractivity contribution in [2.45, 2.75) is 44.1 Å². The Kier molecular flexibility index (Phi) is 6.05. The van der Waals surface area contributed by atoms with Crippen LogP contribution in [-0.4, -0.2) is 17.9 Å². The van der Waals surface area contributed by atoms with Gasteiger partial charge >= 0.3 is 0 Å². The molecular weight excluding hydrogens is 324 g/mol. The molecule has 3 rings (SSSR count). The number of rotatable bonds is 6. The molecule has 4 heteroatoms. The van der Waals surface area contributed by atoms with E-state index in [1.165, 1.54) is 6.42 Å². The molecule has 0 aliphatic heterocycles. The first kappa shape index (κ1) is 18.2. The highest BCUT2D eigenvalue weighted by Gasteiger charge is 2.33. The first-order valence-electron chi connectivity index (χ1n) is 9.36. The van der Waals surface area contributed by atoms with E-state index in [1.807, 2.05) is 60.7 Å². The van der Waals surface area contributed by atoms with Crippen LogP contribution in [0, 0.1) is 5.92 Å². The quantitative estimate of drug-likeness (QED) is 0.838. The number of benzene rings is 2. The first-order valence-corrected chi connectivity index (χ1v) is 9.36. The number of amides is 2. The van der Waals surface area contributed by atoms with Crippen LogP contribution in [0.15, 0.2) is 60.7 Å². The van der Waals surface area contributed by atoms with Crippen molar-refractivity contribution < 1.29 is 9.59 Å². The molecule has 1 saturated carbocycles. The van der Waals surface area contributed by atoms with E-state index in [1.54, 1.807) is 0 Å². The average molecular weight is 350 g/mol. The summed E-state index contributed by atoms with van der Waals surface area (Å²) in [6, 6.07) is 18.7. The number of hydrogen-bond acceptors (Lipinski definition) is 2. The summed E-state index contributed by atoms with van der Waals surface area (Å²) in [6.45, 7) is 0. The predicted molar refractivity (Wildman–Crippen MR) is 102 cm³/mol. The fourth-order valence-electron chi connectivity index (χ4n) is 3.85. The molecule has 1 aliphatic rings. The summed E-state index contributed by atoms with van der Waals surface area (Å²) in [7, 11) is 0. The Bertz CT molecular complexity index is 685. The van der Waals surface area contributed by atoms with Crippen molar-refractivity contribution in [1.29, 1.82) is 0 Å². The zero-order chi connectivity index (χ0) is 18.4. The normalized spacial score (nSPS) is 16.2. The van der Waals surface area contributed by atoms with E-state index in [2.05, 4.69) is 5.32 Å². The minimum atomic E-state index is -0.769. The van der Waals surface area contributed by atoms with E-state index in [0.717, 1.165) is 36.8 Å². The highest BCUT2D eigenvalue weighted by molar-refractivity contribution is 5.89. The third kappa shape index (κ3) is 4.31. The van der Waals surface area contributed by atoms with Crippen LogP contribution in [-0.2, 0) is 9.59 Å². The van der Waals surface area contributed by atoms with Crippen molar-refractivity contribution in [2.75, 3.05) is 0 Å². The van der Waals surface area contributed by atoms with Crippen LogP contribution in [0.5, 0.6) is 0 Å². The van der Waals surface area contributed by atoms with Gasteiger partial charge in [-0.3, -0.25) is 9.59 Å². The fraction of sp³-hybridized carbons (Fsp3) is 0.364. The molecule has 1 aliphatic carbocycles. The molecule has 0 saturated heterocycles. The molecular formula is C22H26N2O2. The molecule has 2 aromatic carbocycles. The third-order valence-corrected chi connectivity index (χ3v) is 5.23. The molecule has 0 radical (unpaired) electrons. The minimum absolute atomic E-state index is 0.0159. The Labute approximate surface area is 154 Å². The van der Waals surface area contributed by atoms with Gasteiger partial charge in [0.05, 0.1) is 0 Å². The molecule has 136 valence electrons. The van der Waals surface area contributed by atoms with Crippen LogP contribution in [0.25, 0.3) is 0 Å². The molecule has 26 heavy (non-hydrogen) atoms. The number of carbonyl (C=O) groups excluding carboxylic acids is 2. The van der Waals surface area contributed by atoms with Crippen LogP contribution in [0.3, 0.4) is 0 Å². The molecule has 0 unspecified atom stereocenters. The number of primary amides is 1. The Balaban J connectivity index is 1.90. The molecule has 0 bridgehead atoms. The van der Waals surface area contributed by atoms with Gasteiger partial charge in [-0.25, -0.2) is 0 Å². The Morgan fingerprint density at radius 2 is 1.35 bits per heavy atom. The lowest BCUT2D eigenvalue weighted by molar-refractivity contribution is -0.130. The molecule has 1 atom stereocenters. The molecule has 4 nitrogen and oxygen atoms in total. The van der Waals surface area contributed by atoms with E-state index in [0.29, 0.717) is 0 Å². The van der Waals surface area contributed by atoms with Gasteiger partial charge in [0.25, 0.3) is 0 Å². The number of hydrogen-bond donors (Lipinski definition) is 2. The van der Waals surface area contributed by atoms with Crippen LogP contribution in [0.2, 0.25) is 0 Å². The second-order valence-corrected chi connectivity index (χ2v) is 7.02. The summed E-state index contributed by atoms with van der Waals surface area (Å²) in [6.07, 6.45) is 5.09. The summed E-state index contributed by atoms with van der Waals surface area (Å²) in [4.78, 5) is 25.1. The van der Waals surface area contributed by atoms with Crippen molar-refractivity contribution in [3.8, 4) is 0 Å². The van der Waals surface area contributed by atoms with Crippen molar-refractivity contribution in [1.82, 2.24) is 5.32 Å². The Morgan fingerprint density at radius 1 is 0.846 bits per heavy atom. The van der Waals surface area contributed by atoms with Gasteiger partial charge in [-0.2, -0.15) is 0 Å². The molecule has 0 spiro atoms. The zero-order valence-corrected chi connectivity index (χ0v) is 14.9. The lowest BCUT2D eigenvalue weighted by Gasteiger charge is -2.29. The molecule has 3 N–H and O–H groups in total. The van der Waals surface area contributed by atoms with Gasteiger partial charge in [0, 0.05) is 11.8 Å². The molecule has 2 amide bonds. The maximum Gasteiger partial charge on any atom is 0.240 e.